The van der Waals surface area contributed by atoms with Crippen LogP contribution in [0.5, 0.6) is 0 Å². The van der Waals surface area contributed by atoms with Gasteiger partial charge in [-0.25, -0.2) is 4.90 Å². The molecule has 3 heterocycles. The van der Waals surface area contributed by atoms with Crippen LogP contribution in [-0.4, -0.2) is 17.4 Å². The van der Waals surface area contributed by atoms with Crippen molar-refractivity contribution in [2.75, 3.05) is 4.90 Å². The molecule has 0 aliphatic carbocycles. The second-order valence-electron chi connectivity index (χ2n) is 8.53. The summed E-state index contributed by atoms with van der Waals surface area (Å²) in [4.78, 5) is 28.4. The van der Waals surface area contributed by atoms with E-state index in [4.69, 9.17) is 4.74 Å². The first-order chi connectivity index (χ1) is 12.8. The fraction of sp³-hybridized carbons (Fsp3) is 0.391. The maximum atomic E-state index is 13.6. The van der Waals surface area contributed by atoms with E-state index >= 15 is 0 Å². The second-order valence-corrected chi connectivity index (χ2v) is 8.53. The lowest BCUT2D eigenvalue weighted by Crippen LogP contribution is -2.77. The van der Waals surface area contributed by atoms with E-state index in [1.807, 2.05) is 61.5 Å². The van der Waals surface area contributed by atoms with Gasteiger partial charge in [0, 0.05) is 6.42 Å². The van der Waals surface area contributed by atoms with Gasteiger partial charge in [0.1, 0.15) is 0 Å². The molecule has 4 nitrogen and oxygen atoms in total. The summed E-state index contributed by atoms with van der Waals surface area (Å²) < 4.78 is 6.15. The molecule has 3 aliphatic heterocycles. The predicted molar refractivity (Wildman–Crippen MR) is 104 cm³/mol. The first kappa shape index (κ1) is 17.9. The van der Waals surface area contributed by atoms with Crippen LogP contribution in [0, 0.1) is 0 Å². The first-order valence-electron chi connectivity index (χ1n) is 9.49. The summed E-state index contributed by atoms with van der Waals surface area (Å²) in [6, 6.07) is 17.2. The van der Waals surface area contributed by atoms with Crippen molar-refractivity contribution < 1.29 is 14.3 Å². The van der Waals surface area contributed by atoms with Crippen LogP contribution in [0.25, 0.3) is 0 Å². The smallest absolute Gasteiger partial charge is 0.270 e. The lowest BCUT2D eigenvalue weighted by Gasteiger charge is -2.60. The van der Waals surface area contributed by atoms with Crippen LogP contribution in [0.2, 0.25) is 0 Å². The number of fused-ring (bicyclic) bond motifs is 2. The number of rotatable bonds is 3. The molecule has 3 fully saturated rings. The zero-order valence-electron chi connectivity index (χ0n) is 16.3. The number of carbonyl (C=O) groups excluding carboxylic acids is 2. The summed E-state index contributed by atoms with van der Waals surface area (Å²) in [6.07, 6.45) is 0.953. The van der Waals surface area contributed by atoms with Gasteiger partial charge >= 0.3 is 0 Å². The van der Waals surface area contributed by atoms with Gasteiger partial charge in [0.25, 0.3) is 11.8 Å². The van der Waals surface area contributed by atoms with Crippen molar-refractivity contribution in [1.82, 2.24) is 0 Å². The molecule has 2 amide bonds. The predicted octanol–water partition coefficient (Wildman–Crippen LogP) is 4.32. The van der Waals surface area contributed by atoms with E-state index in [-0.39, 0.29) is 17.2 Å². The zero-order valence-corrected chi connectivity index (χ0v) is 16.3. The molecule has 3 aliphatic rings. The third kappa shape index (κ3) is 2.39. The van der Waals surface area contributed by atoms with Crippen LogP contribution in [0.3, 0.4) is 0 Å². The molecule has 27 heavy (non-hydrogen) atoms. The average Bonchev–Trinajstić information content (AvgIpc) is 2.62. The molecule has 3 saturated heterocycles. The van der Waals surface area contributed by atoms with Crippen LogP contribution in [-0.2, 0) is 25.3 Å². The Balaban J connectivity index is 1.88. The summed E-state index contributed by atoms with van der Waals surface area (Å²) in [5, 5.41) is 0. The number of imide groups is 1. The van der Waals surface area contributed by atoms with E-state index in [2.05, 4.69) is 20.8 Å². The van der Waals surface area contributed by atoms with E-state index in [9.17, 15) is 9.59 Å². The lowest BCUT2D eigenvalue weighted by atomic mass is 9.68. The minimum atomic E-state index is -1.07. The van der Waals surface area contributed by atoms with Crippen molar-refractivity contribution in [3.8, 4) is 0 Å². The highest BCUT2D eigenvalue weighted by molar-refractivity contribution is 6.25. The molecule has 5 rings (SSSR count). The van der Waals surface area contributed by atoms with Crippen molar-refractivity contribution in [1.29, 1.82) is 0 Å². The zero-order chi connectivity index (χ0) is 19.4. The number of hydrogen-bond donors (Lipinski definition) is 0. The molecule has 2 bridgehead atoms. The summed E-state index contributed by atoms with van der Waals surface area (Å²) in [5.74, 6) is -0.532. The van der Waals surface area contributed by atoms with Gasteiger partial charge in [-0.15, -0.1) is 0 Å². The van der Waals surface area contributed by atoms with E-state index < -0.39 is 11.2 Å². The Morgan fingerprint density at radius 3 is 2.15 bits per heavy atom. The van der Waals surface area contributed by atoms with Crippen LogP contribution in [0.4, 0.5) is 5.69 Å². The normalized spacial score (nSPS) is 27.5. The van der Waals surface area contributed by atoms with Gasteiger partial charge in [0.15, 0.2) is 11.2 Å². The van der Waals surface area contributed by atoms with Crippen LogP contribution >= 0.6 is 0 Å². The molecule has 0 spiro atoms. The van der Waals surface area contributed by atoms with Gasteiger partial charge in [-0.2, -0.15) is 0 Å². The van der Waals surface area contributed by atoms with Crippen LogP contribution < -0.4 is 4.90 Å². The van der Waals surface area contributed by atoms with Crippen molar-refractivity contribution >= 4 is 17.5 Å². The largest absolute Gasteiger partial charge is 0.344 e. The number of para-hydroxylation sites is 1. The molecule has 4 heteroatoms. The molecule has 2 aromatic rings. The third-order valence-electron chi connectivity index (χ3n) is 5.81. The maximum Gasteiger partial charge on any atom is 0.270 e. The van der Waals surface area contributed by atoms with Crippen molar-refractivity contribution in [3.05, 3.63) is 65.7 Å². The van der Waals surface area contributed by atoms with Gasteiger partial charge in [-0.1, -0.05) is 76.2 Å². The van der Waals surface area contributed by atoms with Crippen LogP contribution in [0.15, 0.2) is 54.6 Å². The van der Waals surface area contributed by atoms with E-state index in [0.29, 0.717) is 18.5 Å². The molecule has 0 saturated carbocycles. The minimum Gasteiger partial charge on any atom is -0.344 e. The Morgan fingerprint density at radius 1 is 0.963 bits per heavy atom. The molecular formula is C23H25NO3. The highest BCUT2D eigenvalue weighted by Gasteiger charge is 2.71. The monoisotopic (exact) mass is 363 g/mol. The number of carbonyl (C=O) groups is 2. The highest BCUT2D eigenvalue weighted by Crippen LogP contribution is 2.57. The average molecular weight is 363 g/mol. The molecule has 0 unspecified atom stereocenters. The quantitative estimate of drug-likeness (QED) is 0.763. The number of nitrogens with zero attached hydrogens (tertiary/aromatic N) is 1. The fourth-order valence-electron chi connectivity index (χ4n) is 4.30. The minimum absolute atomic E-state index is 0.195. The molecule has 0 N–H and O–H groups in total. The van der Waals surface area contributed by atoms with Gasteiger partial charge in [-0.05, 0) is 29.0 Å². The van der Waals surface area contributed by atoms with Crippen molar-refractivity contribution in [3.63, 3.8) is 0 Å². The highest BCUT2D eigenvalue weighted by atomic mass is 16.6. The summed E-state index contributed by atoms with van der Waals surface area (Å²) in [6.45, 7) is 8.20. The fourth-order valence-corrected chi connectivity index (χ4v) is 4.30. The number of piperidine rings is 1. The van der Waals surface area contributed by atoms with Gasteiger partial charge in [0.05, 0.1) is 5.69 Å². The first-order valence-corrected chi connectivity index (χ1v) is 9.49. The van der Waals surface area contributed by atoms with E-state index in [1.165, 1.54) is 4.90 Å². The van der Waals surface area contributed by atoms with Gasteiger partial charge < -0.3 is 4.74 Å². The Labute approximate surface area is 160 Å². The SMILES string of the molecule is CC[C@@]12C[C@@](c3ccccc3)(O1)C(=O)N(c1ccccc1C(C)(C)C)C2=O. The molecule has 0 radical (unpaired) electrons. The third-order valence-corrected chi connectivity index (χ3v) is 5.81. The number of hydrogen-bond acceptors (Lipinski definition) is 3. The molecule has 0 aromatic heterocycles. The molecule has 2 aromatic carbocycles. The summed E-state index contributed by atoms with van der Waals surface area (Å²) >= 11 is 0. The van der Waals surface area contributed by atoms with Crippen molar-refractivity contribution in [2.24, 2.45) is 0 Å². The Bertz CT molecular complexity index is 905. The Kier molecular flexibility index (Phi) is 3.83. The standard InChI is InChI=1S/C23H25NO3/c1-5-22-15-23(27-22,16-11-7-6-8-12-16)20(26)24(19(22)25)18-14-10-9-13-17(18)21(2,3)4/h6-14H,5,15H2,1-4H3/t22-,23-/m0/s1. The Morgan fingerprint density at radius 2 is 1.56 bits per heavy atom. The number of benzene rings is 2. The Hall–Kier alpha value is -2.46. The van der Waals surface area contributed by atoms with Gasteiger partial charge in [-0.3, -0.25) is 9.59 Å². The van der Waals surface area contributed by atoms with Crippen LogP contribution in [0.1, 0.15) is 51.7 Å². The lowest BCUT2D eigenvalue weighted by molar-refractivity contribution is -0.268. The van der Waals surface area contributed by atoms with E-state index in [1.54, 1.807) is 0 Å². The maximum absolute atomic E-state index is 13.6. The van der Waals surface area contributed by atoms with Gasteiger partial charge in [0.2, 0.25) is 0 Å². The van der Waals surface area contributed by atoms with Crippen molar-refractivity contribution in [2.45, 2.75) is 57.2 Å². The second kappa shape index (κ2) is 5.77. The summed E-state index contributed by atoms with van der Waals surface area (Å²) in [7, 11) is 0. The summed E-state index contributed by atoms with van der Waals surface area (Å²) in [5.41, 5.74) is 0.262. The molecule has 140 valence electrons. The molecule has 2 atom stereocenters. The topological polar surface area (TPSA) is 46.6 Å². The number of morpholine rings is 1. The number of ether oxygens (including phenoxy) is 1. The number of anilines is 1. The molecular weight excluding hydrogens is 338 g/mol. The number of amides is 2. The van der Waals surface area contributed by atoms with E-state index in [0.717, 1.165) is 11.1 Å².